The molecule has 0 fully saturated rings. The maximum atomic E-state index is 12.9. The lowest BCUT2D eigenvalue weighted by Gasteiger charge is -2.10. The molecule has 0 radical (unpaired) electrons. The summed E-state index contributed by atoms with van der Waals surface area (Å²) < 4.78 is 18.7. The third-order valence-corrected chi connectivity index (χ3v) is 3.77. The predicted molar refractivity (Wildman–Crippen MR) is 96.0 cm³/mol. The summed E-state index contributed by atoms with van der Waals surface area (Å²) in [5, 5.41) is 3.96. The molecule has 0 atom stereocenters. The largest absolute Gasteiger partial charge is 0.489 e. The van der Waals surface area contributed by atoms with Crippen LogP contribution in [0.2, 0.25) is 5.02 Å². The van der Waals surface area contributed by atoms with Crippen molar-refractivity contribution in [2.24, 2.45) is 0 Å². The molecule has 0 aliphatic heterocycles. The molecule has 0 bridgehead atoms. The number of hydrogen-bond acceptors (Lipinski definition) is 2. The van der Waals surface area contributed by atoms with Gasteiger partial charge in [-0.25, -0.2) is 4.39 Å². The minimum Gasteiger partial charge on any atom is -0.489 e. The van der Waals surface area contributed by atoms with Crippen LogP contribution >= 0.6 is 11.6 Å². The second-order valence-corrected chi connectivity index (χ2v) is 5.86. The van der Waals surface area contributed by atoms with E-state index in [4.69, 9.17) is 16.3 Å². The standard InChI is InChI=1S/C20H17ClFNO/c21-17-5-1-4-16(11-17)14-24-20-6-2-3-15(12-20)13-23-19-9-7-18(22)8-10-19/h1-12,23H,13-14H2. The maximum absolute atomic E-state index is 12.9. The van der Waals surface area contributed by atoms with Gasteiger partial charge in [-0.05, 0) is 59.7 Å². The minimum atomic E-state index is -0.239. The number of hydrogen-bond donors (Lipinski definition) is 1. The SMILES string of the molecule is Fc1ccc(NCc2cccc(OCc3cccc(Cl)c3)c2)cc1. The lowest BCUT2D eigenvalue weighted by molar-refractivity contribution is 0.306. The van der Waals surface area contributed by atoms with E-state index in [2.05, 4.69) is 5.32 Å². The predicted octanol–water partition coefficient (Wildman–Crippen LogP) is 5.67. The van der Waals surface area contributed by atoms with Crippen molar-refractivity contribution in [1.82, 2.24) is 0 Å². The zero-order valence-corrected chi connectivity index (χ0v) is 13.8. The maximum Gasteiger partial charge on any atom is 0.123 e. The number of nitrogens with one attached hydrogen (secondary N) is 1. The van der Waals surface area contributed by atoms with Gasteiger partial charge in [0, 0.05) is 17.3 Å². The summed E-state index contributed by atoms with van der Waals surface area (Å²) in [7, 11) is 0. The second kappa shape index (κ2) is 7.84. The van der Waals surface area contributed by atoms with E-state index in [1.807, 2.05) is 48.5 Å². The molecule has 0 aliphatic carbocycles. The van der Waals surface area contributed by atoms with E-state index in [0.717, 1.165) is 22.6 Å². The van der Waals surface area contributed by atoms with Crippen LogP contribution in [0.25, 0.3) is 0 Å². The fourth-order valence-electron chi connectivity index (χ4n) is 2.31. The van der Waals surface area contributed by atoms with Crippen molar-refractivity contribution in [3.05, 3.63) is 94.8 Å². The quantitative estimate of drug-likeness (QED) is 0.623. The first-order valence-corrected chi connectivity index (χ1v) is 8.02. The van der Waals surface area contributed by atoms with Crippen molar-refractivity contribution in [2.45, 2.75) is 13.2 Å². The summed E-state index contributed by atoms with van der Waals surface area (Å²) in [4.78, 5) is 0. The summed E-state index contributed by atoms with van der Waals surface area (Å²) in [6.45, 7) is 1.11. The number of anilines is 1. The van der Waals surface area contributed by atoms with Gasteiger partial charge in [0.05, 0.1) is 0 Å². The zero-order chi connectivity index (χ0) is 16.8. The van der Waals surface area contributed by atoms with Crippen molar-refractivity contribution in [2.75, 3.05) is 5.32 Å². The lowest BCUT2D eigenvalue weighted by atomic mass is 10.2. The van der Waals surface area contributed by atoms with Crippen LogP contribution in [-0.2, 0) is 13.2 Å². The normalized spacial score (nSPS) is 10.4. The zero-order valence-electron chi connectivity index (χ0n) is 13.0. The highest BCUT2D eigenvalue weighted by atomic mass is 35.5. The third-order valence-electron chi connectivity index (χ3n) is 3.53. The molecule has 0 saturated heterocycles. The lowest BCUT2D eigenvalue weighted by Crippen LogP contribution is -2.00. The van der Waals surface area contributed by atoms with Crippen LogP contribution in [0.15, 0.2) is 72.8 Å². The molecule has 1 N–H and O–H groups in total. The summed E-state index contributed by atoms with van der Waals surface area (Å²) >= 11 is 5.97. The highest BCUT2D eigenvalue weighted by Crippen LogP contribution is 2.18. The number of halogens is 2. The Labute approximate surface area is 145 Å². The number of benzene rings is 3. The Kier molecular flexibility index (Phi) is 5.34. The van der Waals surface area contributed by atoms with E-state index in [0.29, 0.717) is 18.2 Å². The summed E-state index contributed by atoms with van der Waals surface area (Å²) in [5.41, 5.74) is 2.99. The van der Waals surface area contributed by atoms with Crippen molar-refractivity contribution >= 4 is 17.3 Å². The monoisotopic (exact) mass is 341 g/mol. The van der Waals surface area contributed by atoms with E-state index in [-0.39, 0.29) is 5.82 Å². The molecule has 3 aromatic carbocycles. The van der Waals surface area contributed by atoms with E-state index < -0.39 is 0 Å². The Morgan fingerprint density at radius 2 is 1.62 bits per heavy atom. The molecule has 3 rings (SSSR count). The van der Waals surface area contributed by atoms with Crippen LogP contribution in [0.3, 0.4) is 0 Å². The fourth-order valence-corrected chi connectivity index (χ4v) is 2.52. The van der Waals surface area contributed by atoms with Gasteiger partial charge in [0.25, 0.3) is 0 Å². The molecule has 122 valence electrons. The van der Waals surface area contributed by atoms with Crippen molar-refractivity contribution in [3.63, 3.8) is 0 Å². The summed E-state index contributed by atoms with van der Waals surface area (Å²) in [6.07, 6.45) is 0. The van der Waals surface area contributed by atoms with Gasteiger partial charge < -0.3 is 10.1 Å². The van der Waals surface area contributed by atoms with Gasteiger partial charge in [0.15, 0.2) is 0 Å². The van der Waals surface area contributed by atoms with Gasteiger partial charge >= 0.3 is 0 Å². The van der Waals surface area contributed by atoms with Gasteiger partial charge in [-0.15, -0.1) is 0 Å². The Hall–Kier alpha value is -2.52. The molecule has 0 unspecified atom stereocenters. The first kappa shape index (κ1) is 16.3. The minimum absolute atomic E-state index is 0.239. The van der Waals surface area contributed by atoms with Crippen molar-refractivity contribution in [1.29, 1.82) is 0 Å². The van der Waals surface area contributed by atoms with Crippen molar-refractivity contribution in [3.8, 4) is 5.75 Å². The first-order valence-electron chi connectivity index (χ1n) is 7.65. The molecule has 3 aromatic rings. The van der Waals surface area contributed by atoms with Crippen LogP contribution in [0.5, 0.6) is 5.75 Å². The van der Waals surface area contributed by atoms with E-state index in [1.54, 1.807) is 12.1 Å². The van der Waals surface area contributed by atoms with Crippen LogP contribution in [0, 0.1) is 5.82 Å². The fraction of sp³-hybridized carbons (Fsp3) is 0.100. The molecule has 0 heterocycles. The van der Waals surface area contributed by atoms with Gasteiger partial charge in [0.2, 0.25) is 0 Å². The topological polar surface area (TPSA) is 21.3 Å². The summed E-state index contributed by atoms with van der Waals surface area (Å²) in [6, 6.07) is 21.8. The van der Waals surface area contributed by atoms with Crippen LogP contribution in [0.1, 0.15) is 11.1 Å². The van der Waals surface area contributed by atoms with Gasteiger partial charge in [-0.2, -0.15) is 0 Å². The summed E-state index contributed by atoms with van der Waals surface area (Å²) in [5.74, 6) is 0.561. The highest BCUT2D eigenvalue weighted by molar-refractivity contribution is 6.30. The van der Waals surface area contributed by atoms with Gasteiger partial charge in [0.1, 0.15) is 18.2 Å². The highest BCUT2D eigenvalue weighted by Gasteiger charge is 2.00. The Morgan fingerprint density at radius 1 is 0.875 bits per heavy atom. The number of ether oxygens (including phenoxy) is 1. The van der Waals surface area contributed by atoms with Crippen molar-refractivity contribution < 1.29 is 9.13 Å². The Balaban J connectivity index is 1.58. The van der Waals surface area contributed by atoms with E-state index in [9.17, 15) is 4.39 Å². The molecule has 0 aromatic heterocycles. The Morgan fingerprint density at radius 3 is 2.42 bits per heavy atom. The second-order valence-electron chi connectivity index (χ2n) is 5.43. The average Bonchev–Trinajstić information content (AvgIpc) is 2.60. The van der Waals surface area contributed by atoms with Crippen LogP contribution in [0.4, 0.5) is 10.1 Å². The molecular weight excluding hydrogens is 325 g/mol. The molecule has 0 spiro atoms. The molecule has 0 aliphatic rings. The molecule has 24 heavy (non-hydrogen) atoms. The molecule has 0 amide bonds. The Bertz CT molecular complexity index is 805. The molecule has 4 heteroatoms. The first-order chi connectivity index (χ1) is 11.7. The number of rotatable bonds is 6. The van der Waals surface area contributed by atoms with Gasteiger partial charge in [-0.3, -0.25) is 0 Å². The van der Waals surface area contributed by atoms with E-state index >= 15 is 0 Å². The smallest absolute Gasteiger partial charge is 0.123 e. The van der Waals surface area contributed by atoms with Gasteiger partial charge in [-0.1, -0.05) is 35.9 Å². The molecule has 0 saturated carbocycles. The average molecular weight is 342 g/mol. The molecular formula is C20H17ClFNO. The molecule has 2 nitrogen and oxygen atoms in total. The van der Waals surface area contributed by atoms with E-state index in [1.165, 1.54) is 12.1 Å². The van der Waals surface area contributed by atoms with Crippen LogP contribution < -0.4 is 10.1 Å². The van der Waals surface area contributed by atoms with Crippen LogP contribution in [-0.4, -0.2) is 0 Å². The third kappa shape index (κ3) is 4.74.